The van der Waals surface area contributed by atoms with Crippen LogP contribution in [-0.4, -0.2) is 23.9 Å². The molecule has 3 aromatic rings. The number of hydrogen-bond donors (Lipinski definition) is 2. The summed E-state index contributed by atoms with van der Waals surface area (Å²) in [4.78, 5) is 29.4. The van der Waals surface area contributed by atoms with E-state index in [0.717, 1.165) is 11.3 Å². The summed E-state index contributed by atoms with van der Waals surface area (Å²) in [6.45, 7) is 1.80. The first-order chi connectivity index (χ1) is 14.4. The van der Waals surface area contributed by atoms with Gasteiger partial charge in [-0.1, -0.05) is 11.6 Å². The van der Waals surface area contributed by atoms with Gasteiger partial charge in [0.25, 0.3) is 11.8 Å². The smallest absolute Gasteiger partial charge is 0.281 e. The van der Waals surface area contributed by atoms with Gasteiger partial charge in [-0.3, -0.25) is 20.4 Å². The predicted molar refractivity (Wildman–Crippen MR) is 111 cm³/mol. The Labute approximate surface area is 180 Å². The number of rotatable bonds is 6. The lowest BCUT2D eigenvalue weighted by Gasteiger charge is -2.10. The normalized spacial score (nSPS) is 10.4. The van der Waals surface area contributed by atoms with Crippen LogP contribution in [0.5, 0.6) is 11.5 Å². The minimum atomic E-state index is -0.579. The van der Waals surface area contributed by atoms with Gasteiger partial charge in [0, 0.05) is 5.02 Å². The summed E-state index contributed by atoms with van der Waals surface area (Å²) < 4.78 is 23.6. The van der Waals surface area contributed by atoms with Crippen LogP contribution in [0.15, 0.2) is 42.5 Å². The van der Waals surface area contributed by atoms with Gasteiger partial charge in [0.05, 0.1) is 18.4 Å². The molecule has 7 nitrogen and oxygen atoms in total. The van der Waals surface area contributed by atoms with Crippen molar-refractivity contribution in [2.24, 2.45) is 0 Å². The van der Waals surface area contributed by atoms with Crippen molar-refractivity contribution in [1.29, 1.82) is 0 Å². The van der Waals surface area contributed by atoms with Gasteiger partial charge in [0.15, 0.2) is 0 Å². The number of methoxy groups -OCH3 is 1. The number of amides is 2. The number of ether oxygens (including phenoxy) is 2. The van der Waals surface area contributed by atoms with Gasteiger partial charge in [-0.15, -0.1) is 11.3 Å². The van der Waals surface area contributed by atoms with E-state index in [0.29, 0.717) is 32.1 Å². The molecule has 0 fully saturated rings. The number of benzene rings is 2. The fraction of sp³-hybridized carbons (Fsp3) is 0.150. The number of nitrogens with zero attached hydrogens (tertiary/aromatic N) is 1. The summed E-state index contributed by atoms with van der Waals surface area (Å²) >= 11 is 7.05. The van der Waals surface area contributed by atoms with Crippen molar-refractivity contribution in [3.63, 3.8) is 0 Å². The Balaban J connectivity index is 1.61. The summed E-state index contributed by atoms with van der Waals surface area (Å²) in [5.74, 6) is -0.653. The van der Waals surface area contributed by atoms with Crippen LogP contribution in [0, 0.1) is 12.7 Å². The van der Waals surface area contributed by atoms with Crippen LogP contribution in [0.1, 0.15) is 30.7 Å². The van der Waals surface area contributed by atoms with E-state index in [4.69, 9.17) is 21.1 Å². The van der Waals surface area contributed by atoms with Crippen LogP contribution in [-0.2, 0) is 6.61 Å². The van der Waals surface area contributed by atoms with Crippen molar-refractivity contribution in [2.45, 2.75) is 13.5 Å². The predicted octanol–water partition coefficient (Wildman–Crippen LogP) is 3.91. The van der Waals surface area contributed by atoms with Crippen molar-refractivity contribution >= 4 is 34.8 Å². The molecule has 30 heavy (non-hydrogen) atoms. The van der Waals surface area contributed by atoms with Gasteiger partial charge >= 0.3 is 0 Å². The molecule has 0 unspecified atom stereocenters. The summed E-state index contributed by atoms with van der Waals surface area (Å²) in [5.41, 5.74) is 5.36. The molecule has 3 rings (SSSR count). The van der Waals surface area contributed by atoms with Crippen LogP contribution >= 0.6 is 22.9 Å². The highest BCUT2D eigenvalue weighted by Crippen LogP contribution is 2.23. The number of aryl methyl sites for hydroxylation is 1. The molecule has 0 radical (unpaired) electrons. The maximum Gasteiger partial charge on any atom is 0.281 e. The molecule has 2 aromatic carbocycles. The van der Waals surface area contributed by atoms with Gasteiger partial charge in [0.2, 0.25) is 0 Å². The first kappa shape index (κ1) is 21.5. The number of nitrogens with one attached hydrogen (secondary N) is 2. The number of hydrazine groups is 1. The topological polar surface area (TPSA) is 89.6 Å². The summed E-state index contributed by atoms with van der Waals surface area (Å²) in [5, 5.41) is 0.918. The molecule has 0 saturated heterocycles. The SMILES string of the molecule is COc1ccc(Cl)cc1C(=O)NNC(=O)c1sc(COc2ccc(F)cc2)nc1C. The molecule has 0 spiro atoms. The summed E-state index contributed by atoms with van der Waals surface area (Å²) in [6.07, 6.45) is 0. The zero-order valence-corrected chi connectivity index (χ0v) is 17.6. The number of thiazole rings is 1. The molecule has 0 aliphatic rings. The zero-order chi connectivity index (χ0) is 21.7. The van der Waals surface area contributed by atoms with E-state index in [1.165, 1.54) is 37.4 Å². The Kier molecular flexibility index (Phi) is 6.86. The lowest BCUT2D eigenvalue weighted by Crippen LogP contribution is -2.41. The van der Waals surface area contributed by atoms with Crippen molar-refractivity contribution in [3.05, 3.63) is 74.4 Å². The number of halogens is 2. The molecule has 0 bridgehead atoms. The molecule has 1 heterocycles. The third-order valence-corrected chi connectivity index (χ3v) is 5.28. The first-order valence-electron chi connectivity index (χ1n) is 8.66. The van der Waals surface area contributed by atoms with Gasteiger partial charge in [-0.25, -0.2) is 9.37 Å². The Hall–Kier alpha value is -3.17. The molecular weight excluding hydrogens is 433 g/mol. The fourth-order valence-corrected chi connectivity index (χ4v) is 3.54. The lowest BCUT2D eigenvalue weighted by atomic mass is 10.2. The number of hydrogen-bond acceptors (Lipinski definition) is 6. The Bertz CT molecular complexity index is 1070. The first-order valence-corrected chi connectivity index (χ1v) is 9.85. The number of aromatic nitrogens is 1. The highest BCUT2D eigenvalue weighted by molar-refractivity contribution is 7.13. The average molecular weight is 450 g/mol. The minimum absolute atomic E-state index is 0.122. The van der Waals surface area contributed by atoms with Gasteiger partial charge in [-0.05, 0) is 49.4 Å². The van der Waals surface area contributed by atoms with E-state index < -0.39 is 11.8 Å². The maximum atomic E-state index is 12.9. The van der Waals surface area contributed by atoms with Crippen molar-refractivity contribution < 1.29 is 23.5 Å². The monoisotopic (exact) mass is 449 g/mol. The third kappa shape index (κ3) is 5.25. The average Bonchev–Trinajstić information content (AvgIpc) is 3.12. The Morgan fingerprint density at radius 2 is 1.83 bits per heavy atom. The fourth-order valence-electron chi connectivity index (χ4n) is 2.50. The molecule has 10 heteroatoms. The van der Waals surface area contributed by atoms with Crippen LogP contribution in [0.25, 0.3) is 0 Å². The molecule has 0 aliphatic heterocycles. The Morgan fingerprint density at radius 3 is 2.53 bits per heavy atom. The quantitative estimate of drug-likeness (QED) is 0.557. The minimum Gasteiger partial charge on any atom is -0.496 e. The van der Waals surface area contributed by atoms with Crippen molar-refractivity contribution in [1.82, 2.24) is 15.8 Å². The van der Waals surface area contributed by atoms with E-state index in [1.54, 1.807) is 19.1 Å². The molecule has 2 amide bonds. The van der Waals surface area contributed by atoms with Crippen molar-refractivity contribution in [3.8, 4) is 11.5 Å². The van der Waals surface area contributed by atoms with Crippen LogP contribution in [0.2, 0.25) is 5.02 Å². The number of carbonyl (C=O) groups is 2. The van der Waals surface area contributed by atoms with Gasteiger partial charge in [-0.2, -0.15) is 0 Å². The molecule has 0 aliphatic carbocycles. The van der Waals surface area contributed by atoms with Gasteiger partial charge < -0.3 is 9.47 Å². The van der Waals surface area contributed by atoms with E-state index >= 15 is 0 Å². The molecule has 1 aromatic heterocycles. The molecule has 0 atom stereocenters. The standard InChI is InChI=1S/C20H17ClFN3O4S/c1-11-18(30-17(23-11)10-29-14-6-4-13(22)5-7-14)20(27)25-24-19(26)15-9-12(21)3-8-16(15)28-2/h3-9H,10H2,1-2H3,(H,24,26)(H,25,27). The van der Waals surface area contributed by atoms with Crippen LogP contribution < -0.4 is 20.3 Å². The highest BCUT2D eigenvalue weighted by Gasteiger charge is 2.18. The van der Waals surface area contributed by atoms with E-state index in [9.17, 15) is 14.0 Å². The van der Waals surface area contributed by atoms with Crippen LogP contribution in [0.3, 0.4) is 0 Å². The van der Waals surface area contributed by atoms with Crippen molar-refractivity contribution in [2.75, 3.05) is 7.11 Å². The summed E-state index contributed by atoms with van der Waals surface area (Å²) in [7, 11) is 1.43. The second kappa shape index (κ2) is 9.55. The second-order valence-electron chi connectivity index (χ2n) is 6.02. The maximum absolute atomic E-state index is 12.9. The van der Waals surface area contributed by atoms with E-state index in [1.807, 2.05) is 0 Å². The van der Waals surface area contributed by atoms with Crippen LogP contribution in [0.4, 0.5) is 4.39 Å². The molecular formula is C20H17ClFN3O4S. The third-order valence-electron chi connectivity index (χ3n) is 3.92. The largest absolute Gasteiger partial charge is 0.496 e. The summed E-state index contributed by atoms with van der Waals surface area (Å²) in [6, 6.07) is 10.2. The number of carbonyl (C=O) groups excluding carboxylic acids is 2. The highest BCUT2D eigenvalue weighted by atomic mass is 35.5. The lowest BCUT2D eigenvalue weighted by molar-refractivity contribution is 0.0846. The molecule has 156 valence electrons. The van der Waals surface area contributed by atoms with Gasteiger partial charge in [0.1, 0.15) is 33.8 Å². The molecule has 0 saturated carbocycles. The zero-order valence-electron chi connectivity index (χ0n) is 16.0. The van der Waals surface area contributed by atoms with E-state index in [2.05, 4.69) is 15.8 Å². The molecule has 2 N–H and O–H groups in total. The van der Waals surface area contributed by atoms with E-state index in [-0.39, 0.29) is 18.0 Å². The second-order valence-corrected chi connectivity index (χ2v) is 7.54. The Morgan fingerprint density at radius 1 is 1.13 bits per heavy atom.